The standard InChI is InChI=1S/C13H17IN2O.ClH/c1-15-10-5-4-8-16(9-10)13(17)11-6-2-3-7-12(11)14;/h2-3,6-7,10,15H,4-5,8-9H2,1H3;1H. The van der Waals surface area contributed by atoms with Gasteiger partial charge in [-0.25, -0.2) is 0 Å². The number of hydrogen-bond donors (Lipinski definition) is 1. The molecule has 0 spiro atoms. The van der Waals surface area contributed by atoms with E-state index in [1.807, 2.05) is 36.2 Å². The van der Waals surface area contributed by atoms with Crippen LogP contribution in [0, 0.1) is 3.57 Å². The number of piperidine rings is 1. The summed E-state index contributed by atoms with van der Waals surface area (Å²) in [6, 6.07) is 8.22. The molecule has 0 aromatic heterocycles. The monoisotopic (exact) mass is 380 g/mol. The Bertz CT molecular complexity index is 414. The van der Waals surface area contributed by atoms with Crippen LogP contribution in [0.1, 0.15) is 23.2 Å². The summed E-state index contributed by atoms with van der Waals surface area (Å²) in [7, 11) is 1.96. The molecule has 1 atom stereocenters. The highest BCUT2D eigenvalue weighted by Crippen LogP contribution is 2.17. The zero-order chi connectivity index (χ0) is 12.3. The smallest absolute Gasteiger partial charge is 0.254 e. The Morgan fingerprint density at radius 2 is 2.17 bits per heavy atom. The fourth-order valence-corrected chi connectivity index (χ4v) is 2.82. The molecular formula is C13H18ClIN2O. The molecule has 1 saturated heterocycles. The quantitative estimate of drug-likeness (QED) is 0.800. The van der Waals surface area contributed by atoms with E-state index in [1.165, 1.54) is 0 Å². The second-order valence-corrected chi connectivity index (χ2v) is 5.52. The Hall–Kier alpha value is -0.330. The average Bonchev–Trinajstić information content (AvgIpc) is 2.38. The Balaban J connectivity index is 0.00000162. The lowest BCUT2D eigenvalue weighted by Crippen LogP contribution is -2.47. The molecule has 3 nitrogen and oxygen atoms in total. The topological polar surface area (TPSA) is 32.3 Å². The molecule has 1 fully saturated rings. The molecule has 1 unspecified atom stereocenters. The molecule has 1 aromatic carbocycles. The summed E-state index contributed by atoms with van der Waals surface area (Å²) < 4.78 is 1.03. The zero-order valence-electron chi connectivity index (χ0n) is 10.4. The number of halogens is 2. The van der Waals surface area contributed by atoms with E-state index < -0.39 is 0 Å². The van der Waals surface area contributed by atoms with Crippen LogP contribution in [0.2, 0.25) is 0 Å². The second kappa shape index (κ2) is 7.31. The van der Waals surface area contributed by atoms with Crippen LogP contribution in [-0.4, -0.2) is 37.0 Å². The maximum atomic E-state index is 12.4. The third-order valence-corrected chi connectivity index (χ3v) is 4.16. The van der Waals surface area contributed by atoms with Crippen LogP contribution in [0.3, 0.4) is 0 Å². The number of amides is 1. The van der Waals surface area contributed by atoms with Gasteiger partial charge in [-0.1, -0.05) is 12.1 Å². The molecule has 1 N–H and O–H groups in total. The van der Waals surface area contributed by atoms with E-state index in [0.29, 0.717) is 6.04 Å². The maximum Gasteiger partial charge on any atom is 0.254 e. The number of nitrogens with one attached hydrogen (secondary N) is 1. The van der Waals surface area contributed by atoms with Crippen LogP contribution in [-0.2, 0) is 0 Å². The molecular weight excluding hydrogens is 363 g/mol. The van der Waals surface area contributed by atoms with E-state index in [2.05, 4.69) is 27.9 Å². The minimum Gasteiger partial charge on any atom is -0.337 e. The molecule has 0 radical (unpaired) electrons. The van der Waals surface area contributed by atoms with E-state index in [-0.39, 0.29) is 18.3 Å². The highest BCUT2D eigenvalue weighted by atomic mass is 127. The Morgan fingerprint density at radius 1 is 1.44 bits per heavy atom. The van der Waals surface area contributed by atoms with Gasteiger partial charge in [0.1, 0.15) is 0 Å². The van der Waals surface area contributed by atoms with Crippen LogP contribution in [0.15, 0.2) is 24.3 Å². The van der Waals surface area contributed by atoms with Crippen molar-refractivity contribution in [2.45, 2.75) is 18.9 Å². The van der Waals surface area contributed by atoms with E-state index in [9.17, 15) is 4.79 Å². The normalized spacial score (nSPS) is 19.2. The van der Waals surface area contributed by atoms with Gasteiger partial charge in [-0.15, -0.1) is 12.4 Å². The molecule has 5 heteroatoms. The van der Waals surface area contributed by atoms with Crippen LogP contribution in [0.25, 0.3) is 0 Å². The van der Waals surface area contributed by atoms with E-state index >= 15 is 0 Å². The first kappa shape index (κ1) is 15.7. The van der Waals surface area contributed by atoms with Crippen molar-refractivity contribution in [2.75, 3.05) is 20.1 Å². The molecule has 0 bridgehead atoms. The third kappa shape index (κ3) is 3.59. The van der Waals surface area contributed by atoms with Gasteiger partial charge in [-0.3, -0.25) is 4.79 Å². The SMILES string of the molecule is CNC1CCCN(C(=O)c2ccccc2I)C1.Cl. The van der Waals surface area contributed by atoms with Gasteiger partial charge >= 0.3 is 0 Å². The van der Waals surface area contributed by atoms with Crippen LogP contribution >= 0.6 is 35.0 Å². The number of carbonyl (C=O) groups is 1. The van der Waals surface area contributed by atoms with Crippen molar-refractivity contribution < 1.29 is 4.79 Å². The van der Waals surface area contributed by atoms with Crippen molar-refractivity contribution in [3.05, 3.63) is 33.4 Å². The lowest BCUT2D eigenvalue weighted by Gasteiger charge is -2.32. The van der Waals surface area contributed by atoms with Crippen molar-refractivity contribution in [3.63, 3.8) is 0 Å². The number of benzene rings is 1. The van der Waals surface area contributed by atoms with Crippen LogP contribution in [0.5, 0.6) is 0 Å². The van der Waals surface area contributed by atoms with Gasteiger partial charge in [0.2, 0.25) is 0 Å². The fourth-order valence-electron chi connectivity index (χ4n) is 2.20. The molecule has 100 valence electrons. The number of nitrogens with zero attached hydrogens (tertiary/aromatic N) is 1. The largest absolute Gasteiger partial charge is 0.337 e. The highest BCUT2D eigenvalue weighted by molar-refractivity contribution is 14.1. The van der Waals surface area contributed by atoms with Gasteiger partial charge in [0.05, 0.1) is 5.56 Å². The zero-order valence-corrected chi connectivity index (χ0v) is 13.3. The van der Waals surface area contributed by atoms with Crippen LogP contribution in [0.4, 0.5) is 0 Å². The summed E-state index contributed by atoms with van der Waals surface area (Å²) in [4.78, 5) is 14.3. The van der Waals surface area contributed by atoms with E-state index in [4.69, 9.17) is 0 Å². The number of hydrogen-bond acceptors (Lipinski definition) is 2. The molecule has 1 heterocycles. The molecule has 0 aliphatic carbocycles. The number of carbonyl (C=O) groups excluding carboxylic acids is 1. The van der Waals surface area contributed by atoms with Crippen molar-refractivity contribution in [1.29, 1.82) is 0 Å². The summed E-state index contributed by atoms with van der Waals surface area (Å²) in [6.07, 6.45) is 2.24. The summed E-state index contributed by atoms with van der Waals surface area (Å²) >= 11 is 2.22. The maximum absolute atomic E-state index is 12.4. The minimum atomic E-state index is 0. The molecule has 0 saturated carbocycles. The van der Waals surface area contributed by atoms with Crippen molar-refractivity contribution >= 4 is 40.9 Å². The fraction of sp³-hybridized carbons (Fsp3) is 0.462. The van der Waals surface area contributed by atoms with E-state index in [0.717, 1.165) is 35.1 Å². The van der Waals surface area contributed by atoms with Gasteiger partial charge < -0.3 is 10.2 Å². The average molecular weight is 381 g/mol. The Kier molecular flexibility index (Phi) is 6.38. The summed E-state index contributed by atoms with van der Waals surface area (Å²) in [6.45, 7) is 1.70. The van der Waals surface area contributed by atoms with Gasteiger partial charge in [-0.05, 0) is 54.6 Å². The predicted octanol–water partition coefficient (Wildman–Crippen LogP) is 2.54. The molecule has 18 heavy (non-hydrogen) atoms. The Morgan fingerprint density at radius 3 is 2.83 bits per heavy atom. The van der Waals surface area contributed by atoms with Crippen LogP contribution < -0.4 is 5.32 Å². The molecule has 2 rings (SSSR count). The van der Waals surface area contributed by atoms with E-state index in [1.54, 1.807) is 0 Å². The third-order valence-electron chi connectivity index (χ3n) is 3.22. The van der Waals surface area contributed by atoms with Gasteiger partial charge in [0, 0.05) is 22.7 Å². The molecule has 1 amide bonds. The van der Waals surface area contributed by atoms with Crippen molar-refractivity contribution in [2.24, 2.45) is 0 Å². The minimum absolute atomic E-state index is 0. The molecule has 1 aliphatic rings. The number of rotatable bonds is 2. The van der Waals surface area contributed by atoms with Gasteiger partial charge in [0.25, 0.3) is 5.91 Å². The lowest BCUT2D eigenvalue weighted by molar-refractivity contribution is 0.0697. The predicted molar refractivity (Wildman–Crippen MR) is 84.4 cm³/mol. The second-order valence-electron chi connectivity index (χ2n) is 4.36. The van der Waals surface area contributed by atoms with Gasteiger partial charge in [0.15, 0.2) is 0 Å². The number of likely N-dealkylation sites (tertiary alicyclic amines) is 1. The van der Waals surface area contributed by atoms with Crippen molar-refractivity contribution in [1.82, 2.24) is 10.2 Å². The van der Waals surface area contributed by atoms with Gasteiger partial charge in [-0.2, -0.15) is 0 Å². The molecule has 1 aromatic rings. The summed E-state index contributed by atoms with van der Waals surface area (Å²) in [5.74, 6) is 0.162. The first-order valence-electron chi connectivity index (χ1n) is 5.93. The summed E-state index contributed by atoms with van der Waals surface area (Å²) in [5.41, 5.74) is 0.824. The first-order valence-corrected chi connectivity index (χ1v) is 7.01. The highest BCUT2D eigenvalue weighted by Gasteiger charge is 2.24. The lowest BCUT2D eigenvalue weighted by atomic mass is 10.0. The van der Waals surface area contributed by atoms with Crippen molar-refractivity contribution in [3.8, 4) is 0 Å². The summed E-state index contributed by atoms with van der Waals surface area (Å²) in [5, 5.41) is 3.26. The number of likely N-dealkylation sites (N-methyl/N-ethyl adjacent to an activating group) is 1. The molecule has 1 aliphatic heterocycles. The Labute approximate surface area is 128 Å². The first-order chi connectivity index (χ1) is 8.22.